The highest BCUT2D eigenvalue weighted by Crippen LogP contribution is 2.06. The van der Waals surface area contributed by atoms with Gasteiger partial charge in [-0.15, -0.1) is 0 Å². The van der Waals surface area contributed by atoms with E-state index in [9.17, 15) is 14.7 Å². The number of aliphatic hydroxyl groups is 1. The highest BCUT2D eigenvalue weighted by molar-refractivity contribution is 5.91. The summed E-state index contributed by atoms with van der Waals surface area (Å²) in [6.45, 7) is 3.18. The summed E-state index contributed by atoms with van der Waals surface area (Å²) in [7, 11) is 0. The predicted molar refractivity (Wildman–Crippen MR) is 72.8 cm³/mol. The lowest BCUT2D eigenvalue weighted by Crippen LogP contribution is -2.40. The van der Waals surface area contributed by atoms with Crippen LogP contribution in [0, 0.1) is 5.92 Å². The van der Waals surface area contributed by atoms with Crippen LogP contribution in [0.5, 0.6) is 0 Å². The normalized spacial score (nSPS) is 14.2. The van der Waals surface area contributed by atoms with Gasteiger partial charge in [0.25, 0.3) is 0 Å². The Morgan fingerprint density at radius 2 is 2.10 bits per heavy atom. The Kier molecular flexibility index (Phi) is 5.99. The van der Waals surface area contributed by atoms with Gasteiger partial charge in [0.05, 0.1) is 18.3 Å². The largest absolute Gasteiger partial charge is 0.481 e. The third-order valence-corrected chi connectivity index (χ3v) is 2.65. The van der Waals surface area contributed by atoms with E-state index in [0.717, 1.165) is 0 Å². The Morgan fingerprint density at radius 1 is 1.40 bits per heavy atom. The molecule has 1 amide bonds. The zero-order valence-corrected chi connectivity index (χ0v) is 11.5. The van der Waals surface area contributed by atoms with Gasteiger partial charge in [0.2, 0.25) is 5.91 Å². The van der Waals surface area contributed by atoms with Crippen molar-refractivity contribution in [3.63, 3.8) is 0 Å². The second-order valence-electron chi connectivity index (χ2n) is 4.68. The third kappa shape index (κ3) is 5.27. The minimum atomic E-state index is -0.983. The monoisotopic (exact) mass is 281 g/mol. The summed E-state index contributed by atoms with van der Waals surface area (Å²) in [5.41, 5.74) is 0. The molecule has 2 unspecified atom stereocenters. The second-order valence-corrected chi connectivity index (χ2v) is 4.68. The molecule has 0 aliphatic heterocycles. The fourth-order valence-electron chi connectivity index (χ4n) is 1.63. The lowest BCUT2D eigenvalue weighted by Gasteiger charge is -2.24. The molecule has 2 N–H and O–H groups in total. The average Bonchev–Trinajstić information content (AvgIpc) is 2.87. The molecular weight excluding hydrogens is 262 g/mol. The summed E-state index contributed by atoms with van der Waals surface area (Å²) >= 11 is 0. The van der Waals surface area contributed by atoms with Gasteiger partial charge in [-0.2, -0.15) is 0 Å². The number of amides is 1. The molecule has 0 aromatic carbocycles. The van der Waals surface area contributed by atoms with E-state index in [1.54, 1.807) is 19.1 Å². The van der Waals surface area contributed by atoms with E-state index in [1.807, 2.05) is 0 Å². The number of carbonyl (C=O) groups excluding carboxylic acids is 1. The van der Waals surface area contributed by atoms with E-state index < -0.39 is 18.0 Å². The van der Waals surface area contributed by atoms with Crippen molar-refractivity contribution in [2.24, 2.45) is 5.92 Å². The molecule has 0 fully saturated rings. The SMILES string of the molecule is CC(O)CN(CC(C)C(=O)O)C(=O)/C=C/c1ccco1. The van der Waals surface area contributed by atoms with Crippen LogP contribution >= 0.6 is 0 Å². The molecule has 0 radical (unpaired) electrons. The number of aliphatic hydroxyl groups excluding tert-OH is 1. The average molecular weight is 281 g/mol. The maximum Gasteiger partial charge on any atom is 0.308 e. The lowest BCUT2D eigenvalue weighted by molar-refractivity contribution is -0.142. The van der Waals surface area contributed by atoms with E-state index in [2.05, 4.69) is 0 Å². The fourth-order valence-corrected chi connectivity index (χ4v) is 1.63. The Labute approximate surface area is 117 Å². The molecule has 2 atom stereocenters. The van der Waals surface area contributed by atoms with Crippen molar-refractivity contribution in [2.45, 2.75) is 20.0 Å². The Morgan fingerprint density at radius 3 is 2.60 bits per heavy atom. The molecule has 20 heavy (non-hydrogen) atoms. The van der Waals surface area contributed by atoms with Crippen LogP contribution in [0.4, 0.5) is 0 Å². The molecule has 110 valence electrons. The van der Waals surface area contributed by atoms with E-state index in [1.165, 1.54) is 30.2 Å². The van der Waals surface area contributed by atoms with Crippen molar-refractivity contribution >= 4 is 18.0 Å². The molecule has 1 aromatic heterocycles. The summed E-state index contributed by atoms with van der Waals surface area (Å²) in [4.78, 5) is 24.2. The van der Waals surface area contributed by atoms with Crippen molar-refractivity contribution in [3.8, 4) is 0 Å². The number of aliphatic carboxylic acids is 1. The van der Waals surface area contributed by atoms with Gasteiger partial charge in [0.15, 0.2) is 0 Å². The number of hydrogen-bond acceptors (Lipinski definition) is 4. The minimum absolute atomic E-state index is 0.0432. The number of carboxylic acids is 1. The molecule has 0 bridgehead atoms. The van der Waals surface area contributed by atoms with E-state index in [-0.39, 0.29) is 19.0 Å². The molecule has 0 spiro atoms. The molecule has 6 heteroatoms. The van der Waals surface area contributed by atoms with Gasteiger partial charge in [0.1, 0.15) is 5.76 Å². The lowest BCUT2D eigenvalue weighted by atomic mass is 10.1. The van der Waals surface area contributed by atoms with Crippen LogP contribution in [0.15, 0.2) is 28.9 Å². The molecule has 1 heterocycles. The van der Waals surface area contributed by atoms with Crippen molar-refractivity contribution in [2.75, 3.05) is 13.1 Å². The first-order valence-electron chi connectivity index (χ1n) is 6.31. The summed E-state index contributed by atoms with van der Waals surface area (Å²) in [6, 6.07) is 3.40. The number of furan rings is 1. The molecule has 0 aliphatic rings. The van der Waals surface area contributed by atoms with Crippen LogP contribution in [0.1, 0.15) is 19.6 Å². The number of nitrogens with zero attached hydrogens (tertiary/aromatic N) is 1. The van der Waals surface area contributed by atoms with Crippen molar-refractivity contribution in [3.05, 3.63) is 30.2 Å². The first kappa shape index (κ1) is 16.0. The first-order valence-corrected chi connectivity index (χ1v) is 6.31. The van der Waals surface area contributed by atoms with Crippen LogP contribution in [-0.2, 0) is 9.59 Å². The van der Waals surface area contributed by atoms with Gasteiger partial charge in [0, 0.05) is 19.2 Å². The standard InChI is InChI=1S/C14H19NO5/c1-10(14(18)19)8-15(9-11(2)16)13(17)6-5-12-4-3-7-20-12/h3-7,10-11,16H,8-9H2,1-2H3,(H,18,19)/b6-5+. The fraction of sp³-hybridized carbons (Fsp3) is 0.429. The second kappa shape index (κ2) is 7.49. The Hall–Kier alpha value is -2.08. The van der Waals surface area contributed by atoms with Gasteiger partial charge in [-0.3, -0.25) is 9.59 Å². The maximum absolute atomic E-state index is 12.0. The molecule has 0 aliphatic carbocycles. The highest BCUT2D eigenvalue weighted by atomic mass is 16.4. The quantitative estimate of drug-likeness (QED) is 0.733. The van der Waals surface area contributed by atoms with Crippen LogP contribution in [0.2, 0.25) is 0 Å². The minimum Gasteiger partial charge on any atom is -0.481 e. The molecule has 1 aromatic rings. The van der Waals surface area contributed by atoms with E-state index in [4.69, 9.17) is 9.52 Å². The molecular formula is C14H19NO5. The number of carbonyl (C=O) groups is 2. The summed E-state index contributed by atoms with van der Waals surface area (Å²) in [6.07, 6.45) is 3.57. The Bertz CT molecular complexity index is 464. The zero-order valence-electron chi connectivity index (χ0n) is 11.5. The van der Waals surface area contributed by atoms with Crippen LogP contribution < -0.4 is 0 Å². The van der Waals surface area contributed by atoms with Gasteiger partial charge >= 0.3 is 5.97 Å². The number of carboxylic acid groups (broad SMARTS) is 1. The molecule has 1 rings (SSSR count). The van der Waals surface area contributed by atoms with Gasteiger partial charge in [-0.05, 0) is 25.1 Å². The zero-order chi connectivity index (χ0) is 15.1. The van der Waals surface area contributed by atoms with Gasteiger partial charge in [-0.1, -0.05) is 6.92 Å². The molecule has 6 nitrogen and oxygen atoms in total. The first-order chi connectivity index (χ1) is 9.40. The van der Waals surface area contributed by atoms with Crippen LogP contribution in [-0.4, -0.2) is 46.2 Å². The van der Waals surface area contributed by atoms with Gasteiger partial charge < -0.3 is 19.5 Å². The predicted octanol–water partition coefficient (Wildman–Crippen LogP) is 1.22. The van der Waals surface area contributed by atoms with Crippen LogP contribution in [0.3, 0.4) is 0 Å². The summed E-state index contributed by atoms with van der Waals surface area (Å²) < 4.78 is 5.06. The third-order valence-electron chi connectivity index (χ3n) is 2.65. The smallest absolute Gasteiger partial charge is 0.308 e. The number of hydrogen-bond donors (Lipinski definition) is 2. The summed E-state index contributed by atoms with van der Waals surface area (Å²) in [5, 5.41) is 18.3. The van der Waals surface area contributed by atoms with Crippen molar-refractivity contribution in [1.82, 2.24) is 4.90 Å². The van der Waals surface area contributed by atoms with Gasteiger partial charge in [-0.25, -0.2) is 0 Å². The van der Waals surface area contributed by atoms with E-state index >= 15 is 0 Å². The van der Waals surface area contributed by atoms with E-state index in [0.29, 0.717) is 5.76 Å². The van der Waals surface area contributed by atoms with Crippen LogP contribution in [0.25, 0.3) is 6.08 Å². The highest BCUT2D eigenvalue weighted by Gasteiger charge is 2.20. The molecule has 0 saturated heterocycles. The van der Waals surface area contributed by atoms with Crippen molar-refractivity contribution < 1.29 is 24.2 Å². The molecule has 0 saturated carbocycles. The maximum atomic E-state index is 12.0. The number of rotatable bonds is 7. The topological polar surface area (TPSA) is 91.0 Å². The van der Waals surface area contributed by atoms with Crippen molar-refractivity contribution in [1.29, 1.82) is 0 Å². The summed E-state index contributed by atoms with van der Waals surface area (Å²) in [5.74, 6) is -1.52. The Balaban J connectivity index is 2.71.